The van der Waals surface area contributed by atoms with Crippen molar-refractivity contribution in [3.05, 3.63) is 0 Å². The number of carbonyl (C=O) groups excluding carboxylic acids is 1. The van der Waals surface area contributed by atoms with Gasteiger partial charge >= 0.3 is 0 Å². The van der Waals surface area contributed by atoms with Gasteiger partial charge in [0.2, 0.25) is 5.91 Å². The van der Waals surface area contributed by atoms with Crippen LogP contribution < -0.4 is 10.6 Å². The molecule has 2 heterocycles. The highest BCUT2D eigenvalue weighted by Gasteiger charge is 2.28. The molecule has 3 unspecified atom stereocenters. The number of hydrogen-bond donors (Lipinski definition) is 2. The molecule has 2 saturated heterocycles. The van der Waals surface area contributed by atoms with Crippen LogP contribution in [0.3, 0.4) is 0 Å². The van der Waals surface area contributed by atoms with E-state index in [0.29, 0.717) is 6.04 Å². The second kappa shape index (κ2) is 11.3. The number of rotatable bonds is 5. The second-order valence-corrected chi connectivity index (χ2v) is 8.27. The molecule has 152 valence electrons. The number of amides is 1. The summed E-state index contributed by atoms with van der Waals surface area (Å²) < 4.78 is 0. The van der Waals surface area contributed by atoms with Gasteiger partial charge in [-0.05, 0) is 24.7 Å². The zero-order chi connectivity index (χ0) is 18.4. The summed E-state index contributed by atoms with van der Waals surface area (Å²) in [4.78, 5) is 21.0. The Morgan fingerprint density at radius 2 is 1.85 bits per heavy atom. The van der Waals surface area contributed by atoms with Crippen LogP contribution >= 0.6 is 24.0 Å². The lowest BCUT2D eigenvalue weighted by molar-refractivity contribution is -0.133. The Morgan fingerprint density at radius 3 is 2.42 bits per heavy atom. The fourth-order valence-corrected chi connectivity index (χ4v) is 4.14. The van der Waals surface area contributed by atoms with Gasteiger partial charge in [0.1, 0.15) is 0 Å². The number of nitrogens with zero attached hydrogens (tertiary/aromatic N) is 3. The van der Waals surface area contributed by atoms with Gasteiger partial charge < -0.3 is 20.4 Å². The van der Waals surface area contributed by atoms with Crippen molar-refractivity contribution in [3.63, 3.8) is 0 Å². The van der Waals surface area contributed by atoms with Crippen LogP contribution in [0.15, 0.2) is 4.99 Å². The predicted molar refractivity (Wildman–Crippen MR) is 119 cm³/mol. The normalized spacial score (nSPS) is 27.4. The minimum atomic E-state index is 0. The average Bonchev–Trinajstić information content (AvgIpc) is 3.00. The number of hydrogen-bond acceptors (Lipinski definition) is 3. The van der Waals surface area contributed by atoms with Crippen molar-refractivity contribution in [2.24, 2.45) is 22.7 Å². The summed E-state index contributed by atoms with van der Waals surface area (Å²) in [6.45, 7) is 14.6. The molecular formula is C19H38IN5O. The van der Waals surface area contributed by atoms with Crippen LogP contribution in [0, 0.1) is 17.8 Å². The Hall–Kier alpha value is -0.570. The quantitative estimate of drug-likeness (QED) is 0.360. The molecule has 0 aromatic carbocycles. The summed E-state index contributed by atoms with van der Waals surface area (Å²) in [5.41, 5.74) is 0. The van der Waals surface area contributed by atoms with Gasteiger partial charge in [-0.25, -0.2) is 0 Å². The van der Waals surface area contributed by atoms with Crippen molar-refractivity contribution in [2.75, 3.05) is 46.3 Å². The molecule has 0 aromatic rings. The molecule has 0 aliphatic carbocycles. The van der Waals surface area contributed by atoms with Crippen LogP contribution in [-0.2, 0) is 4.79 Å². The molecule has 3 atom stereocenters. The van der Waals surface area contributed by atoms with Gasteiger partial charge in [-0.3, -0.25) is 9.79 Å². The van der Waals surface area contributed by atoms with E-state index in [1.165, 1.54) is 19.5 Å². The first-order valence-corrected chi connectivity index (χ1v) is 9.87. The van der Waals surface area contributed by atoms with Crippen molar-refractivity contribution in [3.8, 4) is 0 Å². The van der Waals surface area contributed by atoms with Crippen LogP contribution in [0.4, 0.5) is 0 Å². The van der Waals surface area contributed by atoms with Gasteiger partial charge in [0.15, 0.2) is 5.96 Å². The van der Waals surface area contributed by atoms with Gasteiger partial charge in [0, 0.05) is 58.3 Å². The van der Waals surface area contributed by atoms with E-state index >= 15 is 0 Å². The number of likely N-dealkylation sites (tertiary alicyclic amines) is 2. The number of guanidine groups is 1. The Morgan fingerprint density at radius 1 is 1.19 bits per heavy atom. The monoisotopic (exact) mass is 479 g/mol. The van der Waals surface area contributed by atoms with E-state index in [2.05, 4.69) is 34.4 Å². The molecule has 0 bridgehead atoms. The van der Waals surface area contributed by atoms with Crippen LogP contribution in [0.25, 0.3) is 0 Å². The van der Waals surface area contributed by atoms with E-state index in [1.54, 1.807) is 0 Å². The molecule has 2 fully saturated rings. The van der Waals surface area contributed by atoms with Gasteiger partial charge in [-0.15, -0.1) is 24.0 Å². The van der Waals surface area contributed by atoms with Gasteiger partial charge in [0.05, 0.1) is 0 Å². The highest BCUT2D eigenvalue weighted by atomic mass is 127. The maximum absolute atomic E-state index is 12.1. The predicted octanol–water partition coefficient (Wildman–Crippen LogP) is 2.00. The lowest BCUT2D eigenvalue weighted by Crippen LogP contribution is -2.48. The smallest absolute Gasteiger partial charge is 0.225 e. The van der Waals surface area contributed by atoms with E-state index in [4.69, 9.17) is 0 Å². The maximum atomic E-state index is 12.1. The van der Waals surface area contributed by atoms with Gasteiger partial charge in [0.25, 0.3) is 0 Å². The Bertz CT molecular complexity index is 461. The Labute approximate surface area is 176 Å². The minimum Gasteiger partial charge on any atom is -0.355 e. The zero-order valence-electron chi connectivity index (χ0n) is 17.1. The van der Waals surface area contributed by atoms with Crippen molar-refractivity contribution < 1.29 is 4.79 Å². The lowest BCUT2D eigenvalue weighted by Gasteiger charge is -2.35. The van der Waals surface area contributed by atoms with E-state index < -0.39 is 0 Å². The highest BCUT2D eigenvalue weighted by Crippen LogP contribution is 2.20. The minimum absolute atomic E-state index is 0. The van der Waals surface area contributed by atoms with E-state index in [9.17, 15) is 4.79 Å². The number of aliphatic imine (C=N–C) groups is 1. The molecule has 0 spiro atoms. The topological polar surface area (TPSA) is 60.0 Å². The molecule has 7 heteroatoms. The summed E-state index contributed by atoms with van der Waals surface area (Å²) in [5, 5.41) is 6.91. The fourth-order valence-electron chi connectivity index (χ4n) is 4.14. The van der Waals surface area contributed by atoms with Crippen molar-refractivity contribution >= 4 is 35.8 Å². The highest BCUT2D eigenvalue weighted by molar-refractivity contribution is 14.0. The van der Waals surface area contributed by atoms with Gasteiger partial charge in [-0.2, -0.15) is 0 Å². The standard InChI is InChI=1S/C19H37N5O.HI/c1-14(2)18(25)24-8-6-17(13-24)22-19(20-5)21-7-9-23-11-15(3)10-16(4)12-23;/h14-17H,6-13H2,1-5H3,(H2,20,21,22);1H. The molecule has 0 saturated carbocycles. The summed E-state index contributed by atoms with van der Waals surface area (Å²) >= 11 is 0. The summed E-state index contributed by atoms with van der Waals surface area (Å²) in [5.74, 6) is 2.77. The van der Waals surface area contributed by atoms with Crippen LogP contribution in [0.5, 0.6) is 0 Å². The van der Waals surface area contributed by atoms with Crippen molar-refractivity contribution in [2.45, 2.75) is 46.6 Å². The van der Waals surface area contributed by atoms with Crippen LogP contribution in [0.1, 0.15) is 40.5 Å². The lowest BCUT2D eigenvalue weighted by atomic mass is 9.92. The molecule has 2 N–H and O–H groups in total. The third kappa shape index (κ3) is 7.21. The van der Waals surface area contributed by atoms with E-state index in [1.807, 2.05) is 25.8 Å². The molecule has 0 radical (unpaired) electrons. The van der Waals surface area contributed by atoms with Gasteiger partial charge in [-0.1, -0.05) is 27.7 Å². The number of carbonyl (C=O) groups is 1. The largest absolute Gasteiger partial charge is 0.355 e. The zero-order valence-corrected chi connectivity index (χ0v) is 19.5. The number of piperidine rings is 1. The molecule has 0 aromatic heterocycles. The van der Waals surface area contributed by atoms with Crippen molar-refractivity contribution in [1.29, 1.82) is 0 Å². The third-order valence-corrected chi connectivity index (χ3v) is 5.22. The SMILES string of the molecule is CN=C(NCCN1CC(C)CC(C)C1)NC1CCN(C(=O)C(C)C)C1.I. The molecule has 2 aliphatic heterocycles. The van der Waals surface area contributed by atoms with Crippen LogP contribution in [0.2, 0.25) is 0 Å². The third-order valence-electron chi connectivity index (χ3n) is 5.22. The molecule has 26 heavy (non-hydrogen) atoms. The Balaban J connectivity index is 0.00000338. The molecule has 2 rings (SSSR count). The maximum Gasteiger partial charge on any atom is 0.225 e. The first kappa shape index (κ1) is 23.5. The number of nitrogens with one attached hydrogen (secondary N) is 2. The second-order valence-electron chi connectivity index (χ2n) is 8.27. The first-order valence-electron chi connectivity index (χ1n) is 9.87. The van der Waals surface area contributed by atoms with E-state index in [0.717, 1.165) is 50.4 Å². The van der Waals surface area contributed by atoms with Crippen LogP contribution in [-0.4, -0.2) is 74.0 Å². The summed E-state index contributed by atoms with van der Waals surface area (Å²) in [6.07, 6.45) is 2.33. The molecule has 6 nitrogen and oxygen atoms in total. The van der Waals surface area contributed by atoms with E-state index in [-0.39, 0.29) is 35.8 Å². The fraction of sp³-hybridized carbons (Fsp3) is 0.895. The number of halogens is 1. The van der Waals surface area contributed by atoms with Crippen molar-refractivity contribution in [1.82, 2.24) is 20.4 Å². The first-order chi connectivity index (χ1) is 11.9. The molecule has 2 aliphatic rings. The molecule has 1 amide bonds. The molecular weight excluding hydrogens is 441 g/mol. The summed E-state index contributed by atoms with van der Waals surface area (Å²) in [6, 6.07) is 0.295. The summed E-state index contributed by atoms with van der Waals surface area (Å²) in [7, 11) is 1.81. The Kier molecular flexibility index (Phi) is 10.2. The average molecular weight is 479 g/mol.